The maximum atomic E-state index is 13.8. The molecule has 0 saturated carbocycles. The maximum absolute atomic E-state index is 13.8. The van der Waals surface area contributed by atoms with Crippen LogP contribution in [0.25, 0.3) is 21.9 Å². The van der Waals surface area contributed by atoms with Gasteiger partial charge in [-0.3, -0.25) is 10.1 Å². The Labute approximate surface area is 178 Å². The zero-order chi connectivity index (χ0) is 22.2. The third-order valence-electron chi connectivity index (χ3n) is 6.00. The summed E-state index contributed by atoms with van der Waals surface area (Å²) >= 11 is 0. The molecular formula is C23H26F3N3O2. The van der Waals surface area contributed by atoms with Gasteiger partial charge in [0, 0.05) is 17.3 Å². The molecule has 1 amide bonds. The smallest absolute Gasteiger partial charge is 0.407 e. The minimum Gasteiger partial charge on any atom is -0.456 e. The van der Waals surface area contributed by atoms with Crippen LogP contribution in [0.3, 0.4) is 0 Å². The van der Waals surface area contributed by atoms with E-state index in [1.807, 2.05) is 12.1 Å². The van der Waals surface area contributed by atoms with Gasteiger partial charge in [-0.05, 0) is 54.6 Å². The Kier molecular flexibility index (Phi) is 5.94. The van der Waals surface area contributed by atoms with E-state index in [0.29, 0.717) is 23.5 Å². The molecule has 1 aliphatic rings. The first-order valence-corrected chi connectivity index (χ1v) is 10.6. The maximum Gasteiger partial charge on any atom is 0.407 e. The lowest BCUT2D eigenvalue weighted by molar-refractivity contribution is -0.160. The highest BCUT2D eigenvalue weighted by molar-refractivity contribution is 6.05. The van der Waals surface area contributed by atoms with Crippen LogP contribution in [0.2, 0.25) is 0 Å². The summed E-state index contributed by atoms with van der Waals surface area (Å²) in [7, 11) is 0. The number of primary amides is 1. The normalized spacial score (nSPS) is 19.2. The Bertz CT molecular complexity index is 1090. The SMILES string of the molecule is CCCC(N[C@@H](c1ccc2c(c1)oc1ccc(C3CCNC3)cc12)C(F)(F)F)C(N)=O. The fourth-order valence-corrected chi connectivity index (χ4v) is 4.36. The summed E-state index contributed by atoms with van der Waals surface area (Å²) in [6, 6.07) is 7.39. The lowest BCUT2D eigenvalue weighted by atomic mass is 9.96. The summed E-state index contributed by atoms with van der Waals surface area (Å²) in [6.45, 7) is 3.69. The van der Waals surface area contributed by atoms with Crippen molar-refractivity contribution in [2.75, 3.05) is 13.1 Å². The first kappa shape index (κ1) is 21.6. The second-order valence-electron chi connectivity index (χ2n) is 8.19. The summed E-state index contributed by atoms with van der Waals surface area (Å²) < 4.78 is 47.4. The van der Waals surface area contributed by atoms with E-state index in [1.54, 1.807) is 13.0 Å². The topological polar surface area (TPSA) is 80.3 Å². The molecule has 0 spiro atoms. The molecule has 2 unspecified atom stereocenters. The van der Waals surface area contributed by atoms with Crippen LogP contribution in [0.4, 0.5) is 13.2 Å². The van der Waals surface area contributed by atoms with Gasteiger partial charge in [0.2, 0.25) is 5.91 Å². The number of benzene rings is 2. The van der Waals surface area contributed by atoms with Crippen molar-refractivity contribution in [3.05, 3.63) is 47.5 Å². The van der Waals surface area contributed by atoms with Gasteiger partial charge in [-0.25, -0.2) is 0 Å². The molecule has 1 aromatic heterocycles. The van der Waals surface area contributed by atoms with Gasteiger partial charge in [0.25, 0.3) is 0 Å². The van der Waals surface area contributed by atoms with Crippen molar-refractivity contribution in [2.24, 2.45) is 5.73 Å². The molecule has 2 heterocycles. The van der Waals surface area contributed by atoms with Crippen LogP contribution in [0, 0.1) is 0 Å². The zero-order valence-corrected chi connectivity index (χ0v) is 17.3. The molecule has 1 aliphatic heterocycles. The van der Waals surface area contributed by atoms with Gasteiger partial charge >= 0.3 is 6.18 Å². The molecule has 1 fully saturated rings. The average molecular weight is 433 g/mol. The van der Waals surface area contributed by atoms with Crippen molar-refractivity contribution >= 4 is 27.8 Å². The molecule has 1 saturated heterocycles. The Morgan fingerprint density at radius 3 is 2.68 bits per heavy atom. The van der Waals surface area contributed by atoms with Gasteiger partial charge in [-0.2, -0.15) is 13.2 Å². The number of furan rings is 1. The third-order valence-corrected chi connectivity index (χ3v) is 6.00. The van der Waals surface area contributed by atoms with Gasteiger partial charge < -0.3 is 15.5 Å². The van der Waals surface area contributed by atoms with Crippen molar-refractivity contribution in [1.82, 2.24) is 10.6 Å². The van der Waals surface area contributed by atoms with E-state index in [0.717, 1.165) is 30.3 Å². The third kappa shape index (κ3) is 4.41. The number of alkyl halides is 3. The molecule has 3 aromatic rings. The van der Waals surface area contributed by atoms with E-state index in [9.17, 15) is 18.0 Å². The number of carbonyl (C=O) groups is 1. The van der Waals surface area contributed by atoms with E-state index in [4.69, 9.17) is 10.2 Å². The first-order chi connectivity index (χ1) is 14.8. The predicted octanol–water partition coefficient (Wildman–Crippen LogP) is 4.51. The van der Waals surface area contributed by atoms with E-state index in [1.165, 1.54) is 17.7 Å². The van der Waals surface area contributed by atoms with Crippen LogP contribution in [-0.2, 0) is 4.79 Å². The van der Waals surface area contributed by atoms with Crippen LogP contribution < -0.4 is 16.4 Å². The van der Waals surface area contributed by atoms with Crippen molar-refractivity contribution in [3.8, 4) is 0 Å². The Morgan fingerprint density at radius 2 is 2.03 bits per heavy atom. The largest absolute Gasteiger partial charge is 0.456 e. The fourth-order valence-electron chi connectivity index (χ4n) is 4.36. The number of halogens is 3. The Hall–Kier alpha value is -2.58. The van der Waals surface area contributed by atoms with Crippen molar-refractivity contribution in [2.45, 2.75) is 50.4 Å². The van der Waals surface area contributed by atoms with Crippen LogP contribution in [0.1, 0.15) is 49.3 Å². The summed E-state index contributed by atoms with van der Waals surface area (Å²) in [5.41, 5.74) is 7.52. The van der Waals surface area contributed by atoms with E-state index in [2.05, 4.69) is 16.7 Å². The number of hydrogen-bond donors (Lipinski definition) is 3. The number of rotatable bonds is 7. The van der Waals surface area contributed by atoms with Gasteiger partial charge in [0.05, 0.1) is 6.04 Å². The molecular weight excluding hydrogens is 407 g/mol. The van der Waals surface area contributed by atoms with E-state index < -0.39 is 24.2 Å². The molecule has 166 valence electrons. The summed E-state index contributed by atoms with van der Waals surface area (Å²) in [6.07, 6.45) is -2.77. The van der Waals surface area contributed by atoms with E-state index >= 15 is 0 Å². The van der Waals surface area contributed by atoms with Crippen molar-refractivity contribution < 1.29 is 22.4 Å². The number of nitrogens with two attached hydrogens (primary N) is 1. The number of fused-ring (bicyclic) bond motifs is 3. The van der Waals surface area contributed by atoms with Crippen LogP contribution >= 0.6 is 0 Å². The second kappa shape index (κ2) is 8.51. The molecule has 4 N–H and O–H groups in total. The monoisotopic (exact) mass is 433 g/mol. The highest BCUT2D eigenvalue weighted by Crippen LogP contribution is 2.38. The van der Waals surface area contributed by atoms with Crippen molar-refractivity contribution in [3.63, 3.8) is 0 Å². The van der Waals surface area contributed by atoms with Gasteiger partial charge in [0.1, 0.15) is 17.2 Å². The number of amides is 1. The molecule has 5 nitrogen and oxygen atoms in total. The fraction of sp³-hybridized carbons (Fsp3) is 0.435. The van der Waals surface area contributed by atoms with Crippen LogP contribution in [0.15, 0.2) is 40.8 Å². The molecule has 0 aliphatic carbocycles. The highest BCUT2D eigenvalue weighted by Gasteiger charge is 2.42. The van der Waals surface area contributed by atoms with E-state index in [-0.39, 0.29) is 12.0 Å². The first-order valence-electron chi connectivity index (χ1n) is 10.6. The highest BCUT2D eigenvalue weighted by atomic mass is 19.4. The lowest BCUT2D eigenvalue weighted by Gasteiger charge is -2.26. The van der Waals surface area contributed by atoms with Gasteiger partial charge in [-0.1, -0.05) is 31.5 Å². The Balaban J connectivity index is 1.72. The van der Waals surface area contributed by atoms with Crippen LogP contribution in [0.5, 0.6) is 0 Å². The van der Waals surface area contributed by atoms with Gasteiger partial charge in [-0.15, -0.1) is 0 Å². The minimum absolute atomic E-state index is 0.0124. The van der Waals surface area contributed by atoms with Gasteiger partial charge in [0.15, 0.2) is 0 Å². The second-order valence-corrected chi connectivity index (χ2v) is 8.19. The lowest BCUT2D eigenvalue weighted by Crippen LogP contribution is -2.47. The minimum atomic E-state index is -4.59. The average Bonchev–Trinajstić information content (AvgIpc) is 3.36. The number of carbonyl (C=O) groups excluding carboxylic acids is 1. The molecule has 31 heavy (non-hydrogen) atoms. The molecule has 0 bridgehead atoms. The van der Waals surface area contributed by atoms with Crippen LogP contribution in [-0.4, -0.2) is 31.2 Å². The summed E-state index contributed by atoms with van der Waals surface area (Å²) in [5, 5.41) is 7.42. The number of hydrogen-bond acceptors (Lipinski definition) is 4. The molecule has 8 heteroatoms. The summed E-state index contributed by atoms with van der Waals surface area (Å²) in [4.78, 5) is 11.6. The molecule has 0 radical (unpaired) electrons. The number of nitrogens with one attached hydrogen (secondary N) is 2. The molecule has 2 aromatic carbocycles. The molecule has 3 atom stereocenters. The zero-order valence-electron chi connectivity index (χ0n) is 17.3. The predicted molar refractivity (Wildman–Crippen MR) is 114 cm³/mol. The standard InChI is InChI=1S/C23H26F3N3O2/c1-2-3-18(22(27)30)29-21(23(24,25)26)14-4-6-16-17-10-13(15-8-9-28-12-15)5-7-19(17)31-20(16)11-14/h4-7,10-11,15,18,21,28-29H,2-3,8-9,12H2,1H3,(H2,27,30)/t15?,18?,21-/m0/s1. The van der Waals surface area contributed by atoms with Crippen molar-refractivity contribution in [1.29, 1.82) is 0 Å². The quantitative estimate of drug-likeness (QED) is 0.512. The summed E-state index contributed by atoms with van der Waals surface area (Å²) in [5.74, 6) is -0.369. The molecule has 4 rings (SSSR count). The Morgan fingerprint density at radius 1 is 1.23 bits per heavy atom.